The summed E-state index contributed by atoms with van der Waals surface area (Å²) in [5.74, 6) is -1.32. The van der Waals surface area contributed by atoms with E-state index in [0.717, 1.165) is 8.58 Å². The molecule has 0 spiro atoms. The van der Waals surface area contributed by atoms with E-state index in [4.69, 9.17) is 15.2 Å². The van der Waals surface area contributed by atoms with Gasteiger partial charge in [-0.3, -0.25) is 15.3 Å². The second-order valence-electron chi connectivity index (χ2n) is 5.07. The van der Waals surface area contributed by atoms with E-state index in [1.165, 1.54) is 11.3 Å². The van der Waals surface area contributed by atoms with E-state index in [1.807, 2.05) is 0 Å². The number of rotatable bonds is 5. The van der Waals surface area contributed by atoms with Crippen LogP contribution in [0.1, 0.15) is 32.9 Å². The van der Waals surface area contributed by atoms with E-state index in [1.54, 1.807) is 26.3 Å². The second-order valence-corrected chi connectivity index (χ2v) is 7.73. The smallest absolute Gasteiger partial charge is 0.318 e. The zero-order chi connectivity index (χ0) is 15.3. The summed E-state index contributed by atoms with van der Waals surface area (Å²) in [5.41, 5.74) is 7.56. The summed E-state index contributed by atoms with van der Waals surface area (Å²) in [6, 6.07) is 0. The van der Waals surface area contributed by atoms with Crippen molar-refractivity contribution in [3.8, 4) is 0 Å². The van der Waals surface area contributed by atoms with Gasteiger partial charge in [0.1, 0.15) is 12.0 Å². The summed E-state index contributed by atoms with van der Waals surface area (Å²) in [6.07, 6.45) is -0.943. The Morgan fingerprint density at radius 3 is 2.60 bits per heavy atom. The first kappa shape index (κ1) is 17.3. The second kappa shape index (κ2) is 7.32. The van der Waals surface area contributed by atoms with E-state index in [9.17, 15) is 9.59 Å². The van der Waals surface area contributed by atoms with Crippen molar-refractivity contribution < 1.29 is 19.1 Å². The number of nitrogens with two attached hydrogens (primary N) is 1. The van der Waals surface area contributed by atoms with Gasteiger partial charge < -0.3 is 9.47 Å². The highest BCUT2D eigenvalue weighted by Crippen LogP contribution is 2.17. The first-order valence-electron chi connectivity index (χ1n) is 5.92. The lowest BCUT2D eigenvalue weighted by Crippen LogP contribution is -2.32. The monoisotopic (exact) mass is 412 g/mol. The first-order chi connectivity index (χ1) is 9.17. The Hall–Kier alpha value is -0.740. The highest BCUT2D eigenvalue weighted by molar-refractivity contribution is 14.1. The lowest BCUT2D eigenvalue weighted by molar-refractivity contribution is -0.163. The van der Waals surface area contributed by atoms with Gasteiger partial charge in [0.25, 0.3) is 0 Å². The van der Waals surface area contributed by atoms with E-state index >= 15 is 0 Å². The van der Waals surface area contributed by atoms with Gasteiger partial charge in [0.2, 0.25) is 0 Å². The van der Waals surface area contributed by atoms with Crippen molar-refractivity contribution in [3.63, 3.8) is 0 Å². The van der Waals surface area contributed by atoms with Crippen LogP contribution in [0.5, 0.6) is 0 Å². The number of aromatic nitrogens is 1. The van der Waals surface area contributed by atoms with Crippen molar-refractivity contribution in [2.24, 2.45) is 5.73 Å². The molecule has 0 saturated carbocycles. The lowest BCUT2D eigenvalue weighted by Gasteiger charge is -2.19. The highest BCUT2D eigenvalue weighted by Gasteiger charge is 2.21. The molecule has 20 heavy (non-hydrogen) atoms. The molecule has 1 atom stereocenters. The summed E-state index contributed by atoms with van der Waals surface area (Å²) < 4.78 is 11.0. The van der Waals surface area contributed by atoms with Crippen LogP contribution in [-0.4, -0.2) is 28.8 Å². The molecule has 112 valence electrons. The summed E-state index contributed by atoms with van der Waals surface area (Å²) in [4.78, 5) is 27.1. The third-order valence-corrected chi connectivity index (χ3v) is 4.02. The maximum absolute atomic E-state index is 11.5. The largest absolute Gasteiger partial charge is 0.460 e. The van der Waals surface area contributed by atoms with Crippen molar-refractivity contribution in [3.05, 3.63) is 14.1 Å². The molecule has 0 aliphatic carbocycles. The van der Waals surface area contributed by atoms with Crippen LogP contribution in [0.3, 0.4) is 0 Å². The van der Waals surface area contributed by atoms with Crippen LogP contribution in [0.25, 0.3) is 0 Å². The Bertz CT molecular complexity index is 484. The number of carbonyl (C=O) groups is 2. The van der Waals surface area contributed by atoms with Gasteiger partial charge in [-0.25, -0.2) is 4.98 Å². The minimum absolute atomic E-state index is 0.321. The number of hydrogen-bond donors (Lipinski definition) is 1. The van der Waals surface area contributed by atoms with Crippen molar-refractivity contribution >= 4 is 45.9 Å². The molecule has 0 aliphatic heterocycles. The standard InChI is InChI=1S/C12H17IN2O4S/c1-12(2,3)19-10(17)5-9(16)18-8(14)4-7-11(13)20-6-15-7/h6,8H,4-5,14H2,1-3H3. The number of halogens is 1. The van der Waals surface area contributed by atoms with Gasteiger partial charge in [-0.2, -0.15) is 0 Å². The molecular formula is C12H17IN2O4S. The SMILES string of the molecule is CC(C)(C)OC(=O)CC(=O)OC(N)Cc1ncsc1I. The van der Waals surface area contributed by atoms with E-state index in [0.29, 0.717) is 6.42 Å². The molecule has 0 aromatic carbocycles. The highest BCUT2D eigenvalue weighted by atomic mass is 127. The molecule has 6 nitrogen and oxygen atoms in total. The van der Waals surface area contributed by atoms with Crippen LogP contribution < -0.4 is 5.73 Å². The van der Waals surface area contributed by atoms with Crippen LogP contribution in [0, 0.1) is 2.88 Å². The van der Waals surface area contributed by atoms with Crippen LogP contribution in [0.2, 0.25) is 0 Å². The molecule has 1 unspecified atom stereocenters. The molecule has 0 fully saturated rings. The van der Waals surface area contributed by atoms with E-state index in [2.05, 4.69) is 27.6 Å². The molecule has 0 radical (unpaired) electrons. The molecule has 0 amide bonds. The van der Waals surface area contributed by atoms with E-state index < -0.39 is 30.2 Å². The predicted octanol–water partition coefficient (Wildman–Crippen LogP) is 1.85. The van der Waals surface area contributed by atoms with Crippen LogP contribution in [0.15, 0.2) is 5.51 Å². The van der Waals surface area contributed by atoms with Crippen molar-refractivity contribution in [2.45, 2.75) is 45.4 Å². The maximum atomic E-state index is 11.5. The quantitative estimate of drug-likeness (QED) is 0.344. The number of nitrogens with zero attached hydrogens (tertiary/aromatic N) is 1. The Morgan fingerprint density at radius 2 is 2.10 bits per heavy atom. The molecule has 0 aliphatic rings. The number of thiazole rings is 1. The third-order valence-electron chi connectivity index (χ3n) is 1.98. The minimum Gasteiger partial charge on any atom is -0.460 e. The number of hydrogen-bond acceptors (Lipinski definition) is 7. The van der Waals surface area contributed by atoms with Crippen molar-refractivity contribution in [1.29, 1.82) is 0 Å². The van der Waals surface area contributed by atoms with Gasteiger partial charge in [-0.05, 0) is 43.4 Å². The molecule has 8 heteroatoms. The summed E-state index contributed by atoms with van der Waals surface area (Å²) >= 11 is 3.63. The van der Waals surface area contributed by atoms with Gasteiger partial charge in [0, 0.05) is 6.42 Å². The third kappa shape index (κ3) is 6.62. The molecule has 0 bridgehead atoms. The topological polar surface area (TPSA) is 91.5 Å². The van der Waals surface area contributed by atoms with Gasteiger partial charge in [0.15, 0.2) is 6.23 Å². The average Bonchev–Trinajstić information content (AvgIpc) is 2.60. The van der Waals surface area contributed by atoms with Gasteiger partial charge >= 0.3 is 11.9 Å². The molecule has 0 saturated heterocycles. The fourth-order valence-electron chi connectivity index (χ4n) is 1.33. The summed E-state index contributed by atoms with van der Waals surface area (Å²) in [7, 11) is 0. The average molecular weight is 412 g/mol. The first-order valence-corrected chi connectivity index (χ1v) is 7.88. The van der Waals surface area contributed by atoms with Gasteiger partial charge in [-0.15, -0.1) is 11.3 Å². The van der Waals surface area contributed by atoms with Crippen LogP contribution in [0.4, 0.5) is 0 Å². The molecule has 1 heterocycles. The summed E-state index contributed by atoms with van der Waals surface area (Å²) in [6.45, 7) is 5.18. The predicted molar refractivity (Wildman–Crippen MR) is 83.1 cm³/mol. The molecule has 1 rings (SSSR count). The maximum Gasteiger partial charge on any atom is 0.318 e. The Kier molecular flexibility index (Phi) is 6.34. The summed E-state index contributed by atoms with van der Waals surface area (Å²) in [5, 5.41) is 0. The fourth-order valence-corrected chi connectivity index (χ4v) is 2.57. The Balaban J connectivity index is 2.39. The zero-order valence-electron chi connectivity index (χ0n) is 11.5. The van der Waals surface area contributed by atoms with E-state index in [-0.39, 0.29) is 0 Å². The zero-order valence-corrected chi connectivity index (χ0v) is 14.5. The number of ether oxygens (including phenoxy) is 2. The van der Waals surface area contributed by atoms with Crippen molar-refractivity contribution in [2.75, 3.05) is 0 Å². The number of esters is 2. The van der Waals surface area contributed by atoms with Crippen LogP contribution in [-0.2, 0) is 25.5 Å². The molecule has 1 aromatic rings. The molecule has 1 aromatic heterocycles. The van der Waals surface area contributed by atoms with Crippen molar-refractivity contribution in [1.82, 2.24) is 4.98 Å². The molecule has 2 N–H and O–H groups in total. The number of carbonyl (C=O) groups excluding carboxylic acids is 2. The van der Waals surface area contributed by atoms with Crippen LogP contribution >= 0.6 is 33.9 Å². The van der Waals surface area contributed by atoms with Gasteiger partial charge in [-0.1, -0.05) is 0 Å². The lowest BCUT2D eigenvalue weighted by atomic mass is 10.2. The Labute approximate surface area is 135 Å². The normalized spacial score (nSPS) is 12.8. The Morgan fingerprint density at radius 1 is 1.45 bits per heavy atom. The molecular weight excluding hydrogens is 395 g/mol. The minimum atomic E-state index is -0.819. The fraction of sp³-hybridized carbons (Fsp3) is 0.583. The van der Waals surface area contributed by atoms with Gasteiger partial charge in [0.05, 0.1) is 14.1 Å².